The Morgan fingerprint density at radius 3 is 2.12 bits per heavy atom. The molecule has 0 unspecified atom stereocenters. The van der Waals surface area contributed by atoms with Gasteiger partial charge in [-0.25, -0.2) is 0 Å². The molecule has 1 N–H and O–H groups in total. The first kappa shape index (κ1) is 17.4. The first-order valence-electron chi connectivity index (χ1n) is 8.25. The van der Waals surface area contributed by atoms with Crippen molar-refractivity contribution in [3.05, 3.63) is 107 Å². The number of rotatable bonds is 6. The summed E-state index contributed by atoms with van der Waals surface area (Å²) in [5, 5.41) is 2.76. The van der Waals surface area contributed by atoms with Gasteiger partial charge in [-0.1, -0.05) is 66.7 Å². The van der Waals surface area contributed by atoms with Gasteiger partial charge in [0, 0.05) is 24.4 Å². The summed E-state index contributed by atoms with van der Waals surface area (Å²) in [5.41, 5.74) is 0.881. The van der Waals surface area contributed by atoms with E-state index in [0.717, 1.165) is 10.1 Å². The quantitative estimate of drug-likeness (QED) is 0.551. The number of pyridine rings is 1. The van der Waals surface area contributed by atoms with Crippen molar-refractivity contribution >= 4 is 11.7 Å². The van der Waals surface area contributed by atoms with Crippen molar-refractivity contribution in [1.29, 1.82) is 0 Å². The Kier molecular flexibility index (Phi) is 5.39. The Morgan fingerprint density at radius 1 is 0.846 bits per heavy atom. The molecule has 3 rings (SSSR count). The van der Waals surface area contributed by atoms with E-state index in [1.807, 2.05) is 30.3 Å². The fraction of sp³-hybridized carbons (Fsp3) is 0.0952. The average Bonchev–Trinajstić information content (AvgIpc) is 2.69. The number of hydrogen-bond acceptors (Lipinski definition) is 3. The molecule has 0 radical (unpaired) electrons. The lowest BCUT2D eigenvalue weighted by atomic mass is 10.0. The van der Waals surface area contributed by atoms with Crippen LogP contribution in [0, 0.1) is 0 Å². The van der Waals surface area contributed by atoms with Crippen LogP contribution in [0.3, 0.4) is 0 Å². The molecule has 5 nitrogen and oxygen atoms in total. The Labute approximate surface area is 150 Å². The molecule has 1 aromatic heterocycles. The van der Waals surface area contributed by atoms with E-state index >= 15 is 0 Å². The SMILES string of the molecule is O=C(NCc1ccccc1)[C@@H](C(=O)c1ccccc1)n1ccccc1=O. The van der Waals surface area contributed by atoms with Crippen LogP contribution in [0.25, 0.3) is 0 Å². The molecule has 1 amide bonds. The molecule has 0 aliphatic carbocycles. The predicted octanol–water partition coefficient (Wildman–Crippen LogP) is 2.59. The molecule has 2 aromatic carbocycles. The fourth-order valence-electron chi connectivity index (χ4n) is 2.67. The van der Waals surface area contributed by atoms with Gasteiger partial charge in [0.1, 0.15) is 0 Å². The number of ketones is 1. The molecule has 1 atom stereocenters. The topological polar surface area (TPSA) is 68.2 Å². The van der Waals surface area contributed by atoms with E-state index in [0.29, 0.717) is 5.56 Å². The number of aromatic nitrogens is 1. The van der Waals surface area contributed by atoms with Gasteiger partial charge in [-0.15, -0.1) is 0 Å². The minimum Gasteiger partial charge on any atom is -0.350 e. The van der Waals surface area contributed by atoms with E-state index in [2.05, 4.69) is 5.32 Å². The molecule has 0 aliphatic heterocycles. The number of carbonyl (C=O) groups is 2. The summed E-state index contributed by atoms with van der Waals surface area (Å²) in [6, 6.07) is 21.2. The van der Waals surface area contributed by atoms with Gasteiger partial charge in [-0.3, -0.25) is 19.0 Å². The van der Waals surface area contributed by atoms with Crippen LogP contribution in [0.4, 0.5) is 0 Å². The maximum Gasteiger partial charge on any atom is 0.251 e. The van der Waals surface area contributed by atoms with Crippen LogP contribution in [0.15, 0.2) is 89.9 Å². The first-order valence-corrected chi connectivity index (χ1v) is 8.25. The molecule has 3 aromatic rings. The van der Waals surface area contributed by atoms with Gasteiger partial charge < -0.3 is 5.32 Å². The number of benzene rings is 2. The Bertz CT molecular complexity index is 950. The molecule has 0 aliphatic rings. The van der Waals surface area contributed by atoms with E-state index in [9.17, 15) is 14.4 Å². The van der Waals surface area contributed by atoms with Crippen LogP contribution >= 0.6 is 0 Å². The first-order chi connectivity index (χ1) is 12.7. The molecule has 26 heavy (non-hydrogen) atoms. The zero-order valence-corrected chi connectivity index (χ0v) is 14.0. The zero-order valence-electron chi connectivity index (χ0n) is 14.0. The molecule has 5 heteroatoms. The molecule has 0 saturated heterocycles. The molecular formula is C21H18N2O3. The molecule has 0 saturated carbocycles. The van der Waals surface area contributed by atoms with E-state index in [-0.39, 0.29) is 6.54 Å². The van der Waals surface area contributed by atoms with E-state index in [1.54, 1.807) is 42.5 Å². The zero-order chi connectivity index (χ0) is 18.4. The number of amides is 1. The number of hydrogen-bond donors (Lipinski definition) is 1. The molecule has 0 bridgehead atoms. The standard InChI is InChI=1S/C21H18N2O3/c24-18-13-7-8-14-23(18)19(20(25)17-11-5-2-6-12-17)21(26)22-15-16-9-3-1-4-10-16/h1-14,19H,15H2,(H,22,26)/t19-/m1/s1. The highest BCUT2D eigenvalue weighted by Gasteiger charge is 2.29. The lowest BCUT2D eigenvalue weighted by Crippen LogP contribution is -2.41. The maximum absolute atomic E-state index is 12.9. The second-order valence-corrected chi connectivity index (χ2v) is 5.78. The van der Waals surface area contributed by atoms with Crippen molar-refractivity contribution in [2.75, 3.05) is 0 Å². The van der Waals surface area contributed by atoms with Crippen molar-refractivity contribution in [2.45, 2.75) is 12.6 Å². The van der Waals surface area contributed by atoms with Crippen molar-refractivity contribution in [1.82, 2.24) is 9.88 Å². The smallest absolute Gasteiger partial charge is 0.251 e. The number of Topliss-reactive ketones (excluding diaryl/α,β-unsaturated/α-hetero) is 1. The van der Waals surface area contributed by atoms with Crippen LogP contribution in [-0.2, 0) is 11.3 Å². The molecule has 1 heterocycles. The van der Waals surface area contributed by atoms with Crippen molar-refractivity contribution in [3.8, 4) is 0 Å². The van der Waals surface area contributed by atoms with Gasteiger partial charge in [0.15, 0.2) is 11.8 Å². The predicted molar refractivity (Wildman–Crippen MR) is 98.8 cm³/mol. The largest absolute Gasteiger partial charge is 0.350 e. The van der Waals surface area contributed by atoms with Crippen molar-refractivity contribution < 1.29 is 9.59 Å². The lowest BCUT2D eigenvalue weighted by molar-refractivity contribution is -0.123. The van der Waals surface area contributed by atoms with Gasteiger partial charge in [0.05, 0.1) is 0 Å². The molecular weight excluding hydrogens is 328 g/mol. The highest BCUT2D eigenvalue weighted by atomic mass is 16.2. The number of carbonyl (C=O) groups excluding carboxylic acids is 2. The summed E-state index contributed by atoms with van der Waals surface area (Å²) in [6.07, 6.45) is 1.45. The van der Waals surface area contributed by atoms with Crippen molar-refractivity contribution in [3.63, 3.8) is 0 Å². The third kappa shape index (κ3) is 3.95. The van der Waals surface area contributed by atoms with Crippen LogP contribution in [0.5, 0.6) is 0 Å². The minimum absolute atomic E-state index is 0.278. The van der Waals surface area contributed by atoms with E-state index in [4.69, 9.17) is 0 Å². The number of nitrogens with zero attached hydrogens (tertiary/aromatic N) is 1. The summed E-state index contributed by atoms with van der Waals surface area (Å²) in [4.78, 5) is 37.9. The third-order valence-electron chi connectivity index (χ3n) is 3.99. The van der Waals surface area contributed by atoms with Gasteiger partial charge in [0.2, 0.25) is 0 Å². The van der Waals surface area contributed by atoms with Crippen LogP contribution in [0.2, 0.25) is 0 Å². The van der Waals surface area contributed by atoms with Crippen molar-refractivity contribution in [2.24, 2.45) is 0 Å². The highest BCUT2D eigenvalue weighted by molar-refractivity contribution is 6.11. The van der Waals surface area contributed by atoms with Gasteiger partial charge in [0.25, 0.3) is 11.5 Å². The second kappa shape index (κ2) is 8.07. The van der Waals surface area contributed by atoms with E-state index < -0.39 is 23.3 Å². The summed E-state index contributed by atoms with van der Waals surface area (Å²) < 4.78 is 1.16. The van der Waals surface area contributed by atoms with Gasteiger partial charge in [-0.2, -0.15) is 0 Å². The maximum atomic E-state index is 12.9. The summed E-state index contributed by atoms with van der Waals surface area (Å²) >= 11 is 0. The van der Waals surface area contributed by atoms with Crippen LogP contribution in [0.1, 0.15) is 22.0 Å². The number of nitrogens with one attached hydrogen (secondary N) is 1. The lowest BCUT2D eigenvalue weighted by Gasteiger charge is -2.18. The molecule has 130 valence electrons. The van der Waals surface area contributed by atoms with E-state index in [1.165, 1.54) is 12.3 Å². The highest BCUT2D eigenvalue weighted by Crippen LogP contribution is 2.14. The summed E-state index contributed by atoms with van der Waals surface area (Å²) in [5.74, 6) is -0.944. The Morgan fingerprint density at radius 2 is 1.46 bits per heavy atom. The normalized spacial score (nSPS) is 11.5. The second-order valence-electron chi connectivity index (χ2n) is 5.78. The molecule has 0 fully saturated rings. The monoisotopic (exact) mass is 346 g/mol. The van der Waals surface area contributed by atoms with Crippen LogP contribution in [-0.4, -0.2) is 16.3 Å². The summed E-state index contributed by atoms with van der Waals surface area (Å²) in [6.45, 7) is 0.278. The average molecular weight is 346 g/mol. The Balaban J connectivity index is 1.90. The van der Waals surface area contributed by atoms with Gasteiger partial charge in [-0.05, 0) is 11.6 Å². The molecule has 0 spiro atoms. The Hall–Kier alpha value is -3.47. The fourth-order valence-corrected chi connectivity index (χ4v) is 2.67. The minimum atomic E-state index is -1.25. The summed E-state index contributed by atoms with van der Waals surface area (Å²) in [7, 11) is 0. The van der Waals surface area contributed by atoms with Gasteiger partial charge >= 0.3 is 0 Å². The van der Waals surface area contributed by atoms with Crippen LogP contribution < -0.4 is 10.9 Å². The third-order valence-corrected chi connectivity index (χ3v) is 3.99.